The zero-order valence-electron chi connectivity index (χ0n) is 28.8. The molecule has 0 saturated carbocycles. The maximum atomic E-state index is 12.7. The van der Waals surface area contributed by atoms with E-state index in [-0.39, 0.29) is 20.8 Å². The van der Waals surface area contributed by atoms with Crippen LogP contribution in [0.5, 0.6) is 0 Å². The van der Waals surface area contributed by atoms with Crippen LogP contribution in [0.15, 0.2) is 79.3 Å². The van der Waals surface area contributed by atoms with Gasteiger partial charge in [0, 0.05) is 18.7 Å². The Hall–Kier alpha value is -3.32. The Morgan fingerprint density at radius 3 is 2.35 bits per heavy atom. The van der Waals surface area contributed by atoms with Crippen molar-refractivity contribution in [3.63, 3.8) is 0 Å². The zero-order chi connectivity index (χ0) is 36.8. The van der Waals surface area contributed by atoms with Crippen LogP contribution in [0.25, 0.3) is 22.2 Å². The first kappa shape index (κ1) is 37.4. The molecule has 3 heterocycles. The number of carboxylic acids is 1. The van der Waals surface area contributed by atoms with Crippen molar-refractivity contribution in [1.29, 1.82) is 0 Å². The third kappa shape index (κ3) is 7.34. The van der Waals surface area contributed by atoms with E-state index in [1.54, 1.807) is 41.1 Å². The summed E-state index contributed by atoms with van der Waals surface area (Å²) >= 11 is 19.5. The molecular formula is C38H40Cl3N3O6Si. The standard InChI is InChI=1S/C38H40Cl3N3O6Si/c1-38(2,3)51(4,5)49-16-15-24-19-44(35-30(24)34(41)42-20-43-35)36-32(46)31(45)33(50-36)29(23-12-14-27(39)28(40)18-23)26-17-22(11-13-25(26)37(47)48)21-9-7-6-8-10-21/h6-14,17-20,29,31-33,36,45-46H,15-16H2,1-5H3,(H,47,48)/t29-,31+,32-,33+,36-/m1/s1. The van der Waals surface area contributed by atoms with Gasteiger partial charge in [0.1, 0.15) is 29.3 Å². The van der Waals surface area contributed by atoms with Crippen LogP contribution in [0.4, 0.5) is 0 Å². The number of benzene rings is 3. The highest BCUT2D eigenvalue weighted by molar-refractivity contribution is 6.74. The van der Waals surface area contributed by atoms with Crippen molar-refractivity contribution in [2.75, 3.05) is 6.61 Å². The fourth-order valence-corrected chi connectivity index (χ4v) is 8.01. The Kier molecular flexibility index (Phi) is 10.7. The highest BCUT2D eigenvalue weighted by atomic mass is 35.5. The van der Waals surface area contributed by atoms with Crippen molar-refractivity contribution in [2.24, 2.45) is 0 Å². The molecule has 0 aliphatic carbocycles. The third-order valence-corrected chi connectivity index (χ3v) is 15.8. The van der Waals surface area contributed by atoms with E-state index in [4.69, 9.17) is 44.0 Å². The number of carbonyl (C=O) groups is 1. The first-order chi connectivity index (χ1) is 24.1. The predicted octanol–water partition coefficient (Wildman–Crippen LogP) is 8.77. The van der Waals surface area contributed by atoms with Gasteiger partial charge in [-0.1, -0.05) is 98.0 Å². The summed E-state index contributed by atoms with van der Waals surface area (Å²) in [6.07, 6.45) is -1.52. The molecule has 1 aliphatic heterocycles. The second kappa shape index (κ2) is 14.6. The smallest absolute Gasteiger partial charge is 0.335 e. The number of aliphatic hydroxyl groups is 2. The van der Waals surface area contributed by atoms with Crippen LogP contribution in [0, 0.1) is 0 Å². The lowest BCUT2D eigenvalue weighted by Crippen LogP contribution is -2.41. The number of aliphatic hydroxyl groups excluding tert-OH is 2. The van der Waals surface area contributed by atoms with Crippen molar-refractivity contribution in [1.82, 2.24) is 14.5 Å². The number of hydrogen-bond acceptors (Lipinski definition) is 7. The lowest BCUT2D eigenvalue weighted by molar-refractivity contribution is -0.0390. The summed E-state index contributed by atoms with van der Waals surface area (Å²) in [5.41, 5.74) is 3.76. The SMILES string of the molecule is CC(C)(C)[Si](C)(C)OCCc1cn([C@@H]2O[C@@H]([C@H](c3ccc(Cl)c(Cl)c3)c3cc(-c4ccccc4)ccc3C(=O)O)[C@@H](O)[C@H]2O)c2ncnc(Cl)c12. The second-order valence-corrected chi connectivity index (χ2v) is 20.4. The number of aromatic carboxylic acids is 1. The van der Waals surface area contributed by atoms with Gasteiger partial charge in [0.05, 0.1) is 27.1 Å². The molecule has 0 unspecified atom stereocenters. The van der Waals surface area contributed by atoms with Gasteiger partial charge in [-0.25, -0.2) is 14.8 Å². The fraction of sp³-hybridized carbons (Fsp3) is 0.342. The van der Waals surface area contributed by atoms with Gasteiger partial charge in [0.15, 0.2) is 14.5 Å². The molecule has 3 N–H and O–H groups in total. The monoisotopic (exact) mass is 767 g/mol. The largest absolute Gasteiger partial charge is 0.478 e. The first-order valence-corrected chi connectivity index (χ1v) is 20.7. The highest BCUT2D eigenvalue weighted by Crippen LogP contribution is 2.45. The Bertz CT molecular complexity index is 2070. The predicted molar refractivity (Wildman–Crippen MR) is 202 cm³/mol. The van der Waals surface area contributed by atoms with Gasteiger partial charge in [-0.15, -0.1) is 0 Å². The lowest BCUT2D eigenvalue weighted by atomic mass is 9.80. The molecule has 6 rings (SSSR count). The maximum Gasteiger partial charge on any atom is 0.335 e. The molecule has 268 valence electrons. The van der Waals surface area contributed by atoms with E-state index in [1.165, 1.54) is 12.4 Å². The van der Waals surface area contributed by atoms with Crippen LogP contribution in [0.1, 0.15) is 60.0 Å². The Morgan fingerprint density at radius 2 is 1.69 bits per heavy atom. The van der Waals surface area contributed by atoms with Crippen LogP contribution < -0.4 is 0 Å². The number of nitrogens with zero attached hydrogens (tertiary/aromatic N) is 3. The van der Waals surface area contributed by atoms with Crippen molar-refractivity contribution in [3.05, 3.63) is 117 Å². The third-order valence-electron chi connectivity index (χ3n) is 10.2. The van der Waals surface area contributed by atoms with Crippen LogP contribution in [0.2, 0.25) is 33.3 Å². The molecule has 0 spiro atoms. The molecule has 9 nitrogen and oxygen atoms in total. The van der Waals surface area contributed by atoms with E-state index in [9.17, 15) is 20.1 Å². The molecule has 1 aliphatic rings. The van der Waals surface area contributed by atoms with Crippen LogP contribution in [0.3, 0.4) is 0 Å². The minimum atomic E-state index is -2.04. The minimum absolute atomic E-state index is 0.00875. The van der Waals surface area contributed by atoms with Gasteiger partial charge >= 0.3 is 5.97 Å². The fourth-order valence-electron chi connectivity index (χ4n) is 6.41. The number of ether oxygens (including phenoxy) is 1. The van der Waals surface area contributed by atoms with Gasteiger partial charge in [-0.2, -0.15) is 0 Å². The van der Waals surface area contributed by atoms with Crippen LogP contribution in [-0.2, 0) is 15.6 Å². The van der Waals surface area contributed by atoms with Gasteiger partial charge < -0.3 is 29.0 Å². The quantitative estimate of drug-likeness (QED) is 0.0951. The molecule has 0 radical (unpaired) electrons. The molecule has 13 heteroatoms. The zero-order valence-corrected chi connectivity index (χ0v) is 32.1. The molecular weight excluding hydrogens is 729 g/mol. The van der Waals surface area contributed by atoms with E-state index in [0.29, 0.717) is 40.2 Å². The van der Waals surface area contributed by atoms with E-state index in [0.717, 1.165) is 16.7 Å². The molecule has 0 amide bonds. The van der Waals surface area contributed by atoms with Gasteiger partial charge in [-0.05, 0) is 76.6 Å². The summed E-state index contributed by atoms with van der Waals surface area (Å²) in [5.74, 6) is -2.06. The molecule has 2 aromatic heterocycles. The number of aromatic nitrogens is 3. The van der Waals surface area contributed by atoms with E-state index in [2.05, 4.69) is 43.8 Å². The van der Waals surface area contributed by atoms with Crippen molar-refractivity contribution >= 4 is 60.1 Å². The molecule has 5 atom stereocenters. The topological polar surface area (TPSA) is 127 Å². The Balaban J connectivity index is 1.44. The van der Waals surface area contributed by atoms with E-state index < -0.39 is 44.7 Å². The molecule has 51 heavy (non-hydrogen) atoms. The van der Waals surface area contributed by atoms with E-state index in [1.807, 2.05) is 30.3 Å². The van der Waals surface area contributed by atoms with Crippen molar-refractivity contribution in [3.8, 4) is 11.1 Å². The first-order valence-electron chi connectivity index (χ1n) is 16.6. The molecule has 1 saturated heterocycles. The van der Waals surface area contributed by atoms with Crippen molar-refractivity contribution < 1.29 is 29.3 Å². The van der Waals surface area contributed by atoms with Crippen LogP contribution >= 0.6 is 34.8 Å². The van der Waals surface area contributed by atoms with Gasteiger partial charge in [0.2, 0.25) is 0 Å². The number of rotatable bonds is 10. The van der Waals surface area contributed by atoms with E-state index >= 15 is 0 Å². The molecule has 0 bridgehead atoms. The molecule has 5 aromatic rings. The number of hydrogen-bond donors (Lipinski definition) is 3. The lowest BCUT2D eigenvalue weighted by Gasteiger charge is -2.36. The molecule has 3 aromatic carbocycles. The Morgan fingerprint density at radius 1 is 0.961 bits per heavy atom. The maximum absolute atomic E-state index is 12.7. The average Bonchev–Trinajstić information content (AvgIpc) is 3.59. The van der Waals surface area contributed by atoms with Gasteiger partial charge in [-0.3, -0.25) is 0 Å². The second-order valence-electron chi connectivity index (χ2n) is 14.4. The molecule has 1 fully saturated rings. The summed E-state index contributed by atoms with van der Waals surface area (Å²) in [4.78, 5) is 21.4. The summed E-state index contributed by atoms with van der Waals surface area (Å²) in [6, 6.07) is 19.5. The Labute approximate surface area is 312 Å². The number of fused-ring (bicyclic) bond motifs is 1. The minimum Gasteiger partial charge on any atom is -0.478 e. The summed E-state index contributed by atoms with van der Waals surface area (Å²) in [7, 11) is -2.04. The summed E-state index contributed by atoms with van der Waals surface area (Å²) < 4.78 is 14.7. The van der Waals surface area contributed by atoms with Crippen molar-refractivity contribution in [2.45, 2.75) is 75.8 Å². The summed E-state index contributed by atoms with van der Waals surface area (Å²) in [5, 5.41) is 35.3. The normalized spacial score (nSPS) is 20.2. The highest BCUT2D eigenvalue weighted by Gasteiger charge is 2.49. The van der Waals surface area contributed by atoms with Crippen LogP contribution in [-0.4, -0.2) is 69.1 Å². The average molecular weight is 769 g/mol. The summed E-state index contributed by atoms with van der Waals surface area (Å²) in [6.45, 7) is 11.4. The van der Waals surface area contributed by atoms with Gasteiger partial charge in [0.25, 0.3) is 0 Å². The number of halogens is 3. The number of carboxylic acid groups (broad SMARTS) is 1.